The Bertz CT molecular complexity index is 516. The smallest absolute Gasteiger partial charge is 0.247 e. The Kier molecular flexibility index (Phi) is 3.61. The molecule has 1 saturated carbocycles. The van der Waals surface area contributed by atoms with Gasteiger partial charge in [0.15, 0.2) is 0 Å². The minimum Gasteiger partial charge on any atom is -0.314 e. The fraction of sp³-hybridized carbons (Fsp3) is 0.500. The third-order valence-electron chi connectivity index (χ3n) is 3.98. The van der Waals surface area contributed by atoms with E-state index in [4.69, 9.17) is 0 Å². The van der Waals surface area contributed by atoms with Gasteiger partial charge >= 0.3 is 0 Å². The monoisotopic (exact) mass is 256 g/mol. The normalized spacial score (nSPS) is 16.9. The van der Waals surface area contributed by atoms with Crippen molar-refractivity contribution in [3.8, 4) is 6.07 Å². The molecule has 1 fully saturated rings. The summed E-state index contributed by atoms with van der Waals surface area (Å²) in [6, 6.07) is 8.33. The average Bonchev–Trinajstić information content (AvgIpc) is 2.85. The van der Waals surface area contributed by atoms with Gasteiger partial charge in [0.1, 0.15) is 5.41 Å². The molecule has 0 bridgehead atoms. The fourth-order valence-electron chi connectivity index (χ4n) is 2.93. The molecular weight excluding hydrogens is 236 g/mol. The Morgan fingerprint density at radius 3 is 2.21 bits per heavy atom. The van der Waals surface area contributed by atoms with Gasteiger partial charge in [-0.3, -0.25) is 4.79 Å². The SMILES string of the molecule is Cc1cc(C)cc(N(C)C(=O)C2(C#N)CCCC2)c1. The van der Waals surface area contributed by atoms with Crippen LogP contribution >= 0.6 is 0 Å². The molecule has 0 N–H and O–H groups in total. The van der Waals surface area contributed by atoms with Gasteiger partial charge in [0.25, 0.3) is 0 Å². The van der Waals surface area contributed by atoms with E-state index < -0.39 is 5.41 Å². The van der Waals surface area contributed by atoms with Crippen LogP contribution in [0.1, 0.15) is 36.8 Å². The van der Waals surface area contributed by atoms with E-state index in [0.29, 0.717) is 12.8 Å². The second kappa shape index (κ2) is 5.05. The van der Waals surface area contributed by atoms with Gasteiger partial charge in [-0.25, -0.2) is 0 Å². The fourth-order valence-corrected chi connectivity index (χ4v) is 2.93. The molecule has 0 saturated heterocycles. The maximum atomic E-state index is 12.6. The lowest BCUT2D eigenvalue weighted by atomic mass is 9.86. The number of rotatable bonds is 2. The average molecular weight is 256 g/mol. The van der Waals surface area contributed by atoms with E-state index in [9.17, 15) is 10.1 Å². The van der Waals surface area contributed by atoms with Crippen molar-refractivity contribution < 1.29 is 4.79 Å². The van der Waals surface area contributed by atoms with Crippen molar-refractivity contribution in [2.45, 2.75) is 39.5 Å². The first-order valence-electron chi connectivity index (χ1n) is 6.76. The summed E-state index contributed by atoms with van der Waals surface area (Å²) in [4.78, 5) is 14.3. The number of amides is 1. The van der Waals surface area contributed by atoms with Crippen molar-refractivity contribution in [2.24, 2.45) is 5.41 Å². The van der Waals surface area contributed by atoms with Crippen molar-refractivity contribution >= 4 is 11.6 Å². The second-order valence-electron chi connectivity index (χ2n) is 5.61. The molecule has 1 aromatic rings. The number of hydrogen-bond donors (Lipinski definition) is 0. The van der Waals surface area contributed by atoms with Crippen molar-refractivity contribution in [2.75, 3.05) is 11.9 Å². The first-order valence-corrected chi connectivity index (χ1v) is 6.76. The summed E-state index contributed by atoms with van der Waals surface area (Å²) >= 11 is 0. The van der Waals surface area contributed by atoms with Gasteiger partial charge in [0.05, 0.1) is 6.07 Å². The zero-order valence-corrected chi connectivity index (χ0v) is 11.9. The molecule has 100 valence electrons. The summed E-state index contributed by atoms with van der Waals surface area (Å²) in [5.74, 6) is -0.0579. The molecule has 1 amide bonds. The quantitative estimate of drug-likeness (QED) is 0.814. The second-order valence-corrected chi connectivity index (χ2v) is 5.61. The molecule has 1 aliphatic rings. The van der Waals surface area contributed by atoms with Crippen LogP contribution in [-0.4, -0.2) is 13.0 Å². The zero-order valence-electron chi connectivity index (χ0n) is 11.9. The topological polar surface area (TPSA) is 44.1 Å². The number of aryl methyl sites for hydroxylation is 2. The first-order chi connectivity index (χ1) is 8.98. The van der Waals surface area contributed by atoms with Crippen LogP contribution in [0, 0.1) is 30.6 Å². The summed E-state index contributed by atoms with van der Waals surface area (Å²) in [5, 5.41) is 9.39. The van der Waals surface area contributed by atoms with Gasteiger partial charge in [0.2, 0.25) is 5.91 Å². The summed E-state index contributed by atoms with van der Waals surface area (Å²) in [6.45, 7) is 4.04. The van der Waals surface area contributed by atoms with Gasteiger partial charge < -0.3 is 4.90 Å². The number of carbonyl (C=O) groups excluding carboxylic acids is 1. The summed E-state index contributed by atoms with van der Waals surface area (Å²) in [5.41, 5.74) is 2.34. The van der Waals surface area contributed by atoms with Gasteiger partial charge in [-0.2, -0.15) is 5.26 Å². The van der Waals surface area contributed by atoms with Crippen LogP contribution in [0.3, 0.4) is 0 Å². The standard InChI is InChI=1S/C16H20N2O/c1-12-8-13(2)10-14(9-12)18(3)15(19)16(11-17)6-4-5-7-16/h8-10H,4-7H2,1-3H3. The van der Waals surface area contributed by atoms with Crippen molar-refractivity contribution in [1.82, 2.24) is 0 Å². The lowest BCUT2D eigenvalue weighted by Gasteiger charge is -2.27. The summed E-state index contributed by atoms with van der Waals surface area (Å²) < 4.78 is 0. The summed E-state index contributed by atoms with van der Waals surface area (Å²) in [6.07, 6.45) is 3.33. The maximum Gasteiger partial charge on any atom is 0.247 e. The molecule has 19 heavy (non-hydrogen) atoms. The van der Waals surface area contributed by atoms with Crippen LogP contribution in [0.15, 0.2) is 18.2 Å². The number of carbonyl (C=O) groups is 1. The minimum atomic E-state index is -0.799. The number of benzene rings is 1. The van der Waals surface area contributed by atoms with Crippen LogP contribution in [0.2, 0.25) is 0 Å². The van der Waals surface area contributed by atoms with Gasteiger partial charge in [-0.15, -0.1) is 0 Å². The third-order valence-corrected chi connectivity index (χ3v) is 3.98. The Balaban J connectivity index is 2.31. The van der Waals surface area contributed by atoms with Crippen LogP contribution < -0.4 is 4.90 Å². The van der Waals surface area contributed by atoms with E-state index >= 15 is 0 Å². The molecule has 3 heteroatoms. The maximum absolute atomic E-state index is 12.6. The number of nitriles is 1. The molecule has 3 nitrogen and oxygen atoms in total. The Morgan fingerprint density at radius 2 is 1.74 bits per heavy atom. The molecule has 1 aromatic carbocycles. The molecule has 0 spiro atoms. The molecule has 0 heterocycles. The number of anilines is 1. The van der Waals surface area contributed by atoms with E-state index in [0.717, 1.165) is 29.7 Å². The van der Waals surface area contributed by atoms with Crippen molar-refractivity contribution in [1.29, 1.82) is 5.26 Å². The van der Waals surface area contributed by atoms with E-state index in [-0.39, 0.29) is 5.91 Å². The van der Waals surface area contributed by atoms with E-state index in [1.165, 1.54) is 0 Å². The molecular formula is C16H20N2O. The largest absolute Gasteiger partial charge is 0.314 e. The van der Waals surface area contributed by atoms with Crippen LogP contribution in [0.25, 0.3) is 0 Å². The van der Waals surface area contributed by atoms with Crippen LogP contribution in [0.5, 0.6) is 0 Å². The highest BCUT2D eigenvalue weighted by Gasteiger charge is 2.43. The highest BCUT2D eigenvalue weighted by Crippen LogP contribution is 2.39. The third kappa shape index (κ3) is 2.49. The van der Waals surface area contributed by atoms with E-state index in [1.807, 2.05) is 26.0 Å². The molecule has 0 aromatic heterocycles. The molecule has 1 aliphatic carbocycles. The molecule has 0 atom stereocenters. The molecule has 2 rings (SSSR count). The first kappa shape index (κ1) is 13.6. The lowest BCUT2D eigenvalue weighted by Crippen LogP contribution is -2.39. The predicted octanol–water partition coefficient (Wildman–Crippen LogP) is 3.35. The minimum absolute atomic E-state index is 0.0579. The van der Waals surface area contributed by atoms with Crippen LogP contribution in [-0.2, 0) is 4.79 Å². The Labute approximate surface area is 114 Å². The van der Waals surface area contributed by atoms with Gasteiger partial charge in [-0.05, 0) is 49.9 Å². The van der Waals surface area contributed by atoms with Crippen LogP contribution in [0.4, 0.5) is 5.69 Å². The number of nitrogens with zero attached hydrogens (tertiary/aromatic N) is 2. The number of hydrogen-bond acceptors (Lipinski definition) is 2. The predicted molar refractivity (Wildman–Crippen MR) is 75.8 cm³/mol. The van der Waals surface area contributed by atoms with Crippen molar-refractivity contribution in [3.63, 3.8) is 0 Å². The molecule has 0 unspecified atom stereocenters. The van der Waals surface area contributed by atoms with Crippen molar-refractivity contribution in [3.05, 3.63) is 29.3 Å². The highest BCUT2D eigenvalue weighted by atomic mass is 16.2. The zero-order chi connectivity index (χ0) is 14.0. The molecule has 0 aliphatic heterocycles. The lowest BCUT2D eigenvalue weighted by molar-refractivity contribution is -0.124. The van der Waals surface area contributed by atoms with Gasteiger partial charge in [-0.1, -0.05) is 18.9 Å². The Hall–Kier alpha value is -1.82. The van der Waals surface area contributed by atoms with Gasteiger partial charge in [0, 0.05) is 12.7 Å². The Morgan fingerprint density at radius 1 is 1.21 bits per heavy atom. The van der Waals surface area contributed by atoms with E-state index in [2.05, 4.69) is 12.1 Å². The molecule has 0 radical (unpaired) electrons. The van der Waals surface area contributed by atoms with E-state index in [1.54, 1.807) is 11.9 Å². The highest BCUT2D eigenvalue weighted by molar-refractivity contribution is 5.99. The summed E-state index contributed by atoms with van der Waals surface area (Å²) in [7, 11) is 1.77.